The second-order valence-corrected chi connectivity index (χ2v) is 5.12. The standard InChI is InChI=1S/C15H19ClO4/c1-11(17)12-5-6-14(13(16)10-12)18-8-9-20-15-4-2-3-7-19-15/h5-6,10,15H,2-4,7-9H2,1H3. The van der Waals surface area contributed by atoms with E-state index in [-0.39, 0.29) is 12.1 Å². The van der Waals surface area contributed by atoms with Crippen molar-refractivity contribution in [3.05, 3.63) is 28.8 Å². The molecule has 1 saturated heterocycles. The molecule has 0 N–H and O–H groups in total. The Kier molecular flexibility index (Phi) is 5.83. The van der Waals surface area contributed by atoms with Crippen LogP contribution in [0.4, 0.5) is 0 Å². The van der Waals surface area contributed by atoms with E-state index in [4.69, 9.17) is 25.8 Å². The number of carbonyl (C=O) groups excluding carboxylic acids is 1. The van der Waals surface area contributed by atoms with Gasteiger partial charge in [-0.15, -0.1) is 0 Å². The van der Waals surface area contributed by atoms with Crippen LogP contribution in [0.5, 0.6) is 5.75 Å². The molecule has 1 heterocycles. The van der Waals surface area contributed by atoms with Crippen LogP contribution in [-0.4, -0.2) is 31.9 Å². The molecular formula is C15H19ClO4. The minimum Gasteiger partial charge on any atom is -0.490 e. The van der Waals surface area contributed by atoms with Crippen molar-refractivity contribution in [1.29, 1.82) is 0 Å². The lowest BCUT2D eigenvalue weighted by Gasteiger charge is -2.22. The molecule has 0 bridgehead atoms. The van der Waals surface area contributed by atoms with Crippen molar-refractivity contribution in [1.82, 2.24) is 0 Å². The smallest absolute Gasteiger partial charge is 0.159 e. The number of ketones is 1. The third-order valence-electron chi connectivity index (χ3n) is 3.12. The minimum atomic E-state index is -0.108. The molecule has 1 aliphatic heterocycles. The predicted molar refractivity (Wildman–Crippen MR) is 76.5 cm³/mol. The van der Waals surface area contributed by atoms with Gasteiger partial charge in [0.15, 0.2) is 12.1 Å². The van der Waals surface area contributed by atoms with E-state index in [1.54, 1.807) is 18.2 Å². The maximum absolute atomic E-state index is 11.2. The predicted octanol–water partition coefficient (Wildman–Crippen LogP) is 3.46. The first-order valence-electron chi connectivity index (χ1n) is 6.83. The summed E-state index contributed by atoms with van der Waals surface area (Å²) in [4.78, 5) is 11.2. The van der Waals surface area contributed by atoms with Crippen molar-refractivity contribution >= 4 is 17.4 Å². The highest BCUT2D eigenvalue weighted by Gasteiger charge is 2.13. The molecule has 0 spiro atoms. The fourth-order valence-electron chi connectivity index (χ4n) is 2.01. The second-order valence-electron chi connectivity index (χ2n) is 4.72. The zero-order chi connectivity index (χ0) is 14.4. The summed E-state index contributed by atoms with van der Waals surface area (Å²) in [5.74, 6) is 0.543. The van der Waals surface area contributed by atoms with Crippen molar-refractivity contribution in [2.75, 3.05) is 19.8 Å². The number of halogens is 1. The molecule has 1 aromatic carbocycles. The molecule has 0 saturated carbocycles. The van der Waals surface area contributed by atoms with Crippen molar-refractivity contribution in [3.63, 3.8) is 0 Å². The second kappa shape index (κ2) is 7.62. The highest BCUT2D eigenvalue weighted by molar-refractivity contribution is 6.32. The van der Waals surface area contributed by atoms with Gasteiger partial charge < -0.3 is 14.2 Å². The maximum atomic E-state index is 11.2. The van der Waals surface area contributed by atoms with Crippen LogP contribution in [0.1, 0.15) is 36.5 Å². The van der Waals surface area contributed by atoms with E-state index in [1.807, 2.05) is 0 Å². The lowest BCUT2D eigenvalue weighted by atomic mass is 10.1. The van der Waals surface area contributed by atoms with E-state index >= 15 is 0 Å². The Balaban J connectivity index is 1.74. The van der Waals surface area contributed by atoms with Crippen LogP contribution in [-0.2, 0) is 9.47 Å². The largest absolute Gasteiger partial charge is 0.490 e. The van der Waals surface area contributed by atoms with Gasteiger partial charge in [0.2, 0.25) is 0 Å². The molecule has 110 valence electrons. The van der Waals surface area contributed by atoms with Crippen LogP contribution in [0.2, 0.25) is 5.02 Å². The maximum Gasteiger partial charge on any atom is 0.159 e. The van der Waals surface area contributed by atoms with Crippen molar-refractivity contribution < 1.29 is 19.0 Å². The van der Waals surface area contributed by atoms with Crippen molar-refractivity contribution in [2.45, 2.75) is 32.5 Å². The Hall–Kier alpha value is -1.10. The summed E-state index contributed by atoms with van der Waals surface area (Å²) in [6, 6.07) is 5.02. The van der Waals surface area contributed by atoms with Gasteiger partial charge in [0.25, 0.3) is 0 Å². The molecular weight excluding hydrogens is 280 g/mol. The Morgan fingerprint density at radius 3 is 2.90 bits per heavy atom. The third-order valence-corrected chi connectivity index (χ3v) is 3.42. The van der Waals surface area contributed by atoms with Gasteiger partial charge in [-0.05, 0) is 44.4 Å². The molecule has 1 unspecified atom stereocenters. The van der Waals surface area contributed by atoms with Crippen LogP contribution in [0.25, 0.3) is 0 Å². The third kappa shape index (κ3) is 4.47. The minimum absolute atomic E-state index is 0.0174. The van der Waals surface area contributed by atoms with Gasteiger partial charge in [-0.3, -0.25) is 4.79 Å². The molecule has 0 radical (unpaired) electrons. The summed E-state index contributed by atoms with van der Waals surface area (Å²) in [6.07, 6.45) is 3.08. The zero-order valence-electron chi connectivity index (χ0n) is 11.6. The fraction of sp³-hybridized carbons (Fsp3) is 0.533. The number of carbonyl (C=O) groups is 1. The summed E-state index contributed by atoms with van der Waals surface area (Å²) in [5.41, 5.74) is 0.578. The number of hydrogen-bond acceptors (Lipinski definition) is 4. The zero-order valence-corrected chi connectivity index (χ0v) is 12.3. The average molecular weight is 299 g/mol. The van der Waals surface area contributed by atoms with E-state index in [2.05, 4.69) is 0 Å². The van der Waals surface area contributed by atoms with Crippen LogP contribution in [0.15, 0.2) is 18.2 Å². The summed E-state index contributed by atoms with van der Waals surface area (Å²) < 4.78 is 16.6. The van der Waals surface area contributed by atoms with Crippen molar-refractivity contribution in [2.24, 2.45) is 0 Å². The number of hydrogen-bond donors (Lipinski definition) is 0. The molecule has 4 nitrogen and oxygen atoms in total. The van der Waals surface area contributed by atoms with Crippen molar-refractivity contribution in [3.8, 4) is 5.75 Å². The fourth-order valence-corrected chi connectivity index (χ4v) is 2.25. The number of rotatable bonds is 6. The van der Waals surface area contributed by atoms with E-state index in [0.29, 0.717) is 29.5 Å². The molecule has 0 amide bonds. The van der Waals surface area contributed by atoms with E-state index in [9.17, 15) is 4.79 Å². The molecule has 1 atom stereocenters. The Morgan fingerprint density at radius 1 is 1.40 bits per heavy atom. The summed E-state index contributed by atoms with van der Waals surface area (Å²) in [5, 5.41) is 0.437. The number of Topliss-reactive ketones (excluding diaryl/α,β-unsaturated/α-hetero) is 1. The average Bonchev–Trinajstić information content (AvgIpc) is 2.46. The first-order chi connectivity index (χ1) is 9.66. The van der Waals surface area contributed by atoms with Crippen LogP contribution < -0.4 is 4.74 Å². The number of ether oxygens (including phenoxy) is 3. The van der Waals surface area contributed by atoms with Gasteiger partial charge in [-0.1, -0.05) is 11.6 Å². The first kappa shape index (κ1) is 15.3. The lowest BCUT2D eigenvalue weighted by molar-refractivity contribution is -0.165. The molecule has 2 rings (SSSR count). The number of benzene rings is 1. The van der Waals surface area contributed by atoms with E-state index in [1.165, 1.54) is 6.92 Å². The highest BCUT2D eigenvalue weighted by atomic mass is 35.5. The van der Waals surface area contributed by atoms with Gasteiger partial charge in [0, 0.05) is 12.2 Å². The molecule has 1 aliphatic rings. The Morgan fingerprint density at radius 2 is 2.25 bits per heavy atom. The van der Waals surface area contributed by atoms with Gasteiger partial charge in [0.1, 0.15) is 12.4 Å². The van der Waals surface area contributed by atoms with Gasteiger partial charge in [-0.25, -0.2) is 0 Å². The highest BCUT2D eigenvalue weighted by Crippen LogP contribution is 2.25. The first-order valence-corrected chi connectivity index (χ1v) is 7.21. The molecule has 0 aliphatic carbocycles. The lowest BCUT2D eigenvalue weighted by Crippen LogP contribution is -2.24. The van der Waals surface area contributed by atoms with Crippen LogP contribution in [0, 0.1) is 0 Å². The Bertz CT molecular complexity index is 455. The van der Waals surface area contributed by atoms with E-state index < -0.39 is 0 Å². The van der Waals surface area contributed by atoms with Gasteiger partial charge >= 0.3 is 0 Å². The van der Waals surface area contributed by atoms with E-state index in [0.717, 1.165) is 25.9 Å². The van der Waals surface area contributed by atoms with Crippen LogP contribution in [0.3, 0.4) is 0 Å². The van der Waals surface area contributed by atoms with Gasteiger partial charge in [-0.2, -0.15) is 0 Å². The molecule has 1 fully saturated rings. The monoisotopic (exact) mass is 298 g/mol. The van der Waals surface area contributed by atoms with Crippen LogP contribution >= 0.6 is 11.6 Å². The summed E-state index contributed by atoms with van der Waals surface area (Å²) in [6.45, 7) is 3.13. The Labute approximate surface area is 124 Å². The molecule has 0 aromatic heterocycles. The molecule has 5 heteroatoms. The normalized spacial score (nSPS) is 18.8. The quantitative estimate of drug-likeness (QED) is 0.596. The summed E-state index contributed by atoms with van der Waals surface area (Å²) >= 11 is 6.06. The molecule has 20 heavy (non-hydrogen) atoms. The summed E-state index contributed by atoms with van der Waals surface area (Å²) in [7, 11) is 0. The SMILES string of the molecule is CC(=O)c1ccc(OCCOC2CCCCO2)c(Cl)c1. The topological polar surface area (TPSA) is 44.8 Å². The molecule has 1 aromatic rings. The van der Waals surface area contributed by atoms with Gasteiger partial charge in [0.05, 0.1) is 11.6 Å².